The zero-order valence-electron chi connectivity index (χ0n) is 12.7. The topological polar surface area (TPSA) is 50.5 Å². The van der Waals surface area contributed by atoms with Gasteiger partial charge in [0.2, 0.25) is 0 Å². The van der Waals surface area contributed by atoms with Gasteiger partial charge in [0, 0.05) is 24.4 Å². The zero-order valence-corrected chi connectivity index (χ0v) is 12.7. The highest BCUT2D eigenvalue weighted by molar-refractivity contribution is 5.94. The van der Waals surface area contributed by atoms with Crippen LogP contribution in [-0.4, -0.2) is 31.9 Å². The number of carbonyl (C=O) groups excluding carboxylic acids is 1. The lowest BCUT2D eigenvalue weighted by atomic mass is 10.1. The van der Waals surface area contributed by atoms with Crippen molar-refractivity contribution in [1.29, 1.82) is 0 Å². The van der Waals surface area contributed by atoms with Crippen molar-refractivity contribution in [3.63, 3.8) is 0 Å². The van der Waals surface area contributed by atoms with E-state index in [-0.39, 0.29) is 11.6 Å². The molecule has 1 atom stereocenters. The number of likely N-dealkylation sites (tertiary alicyclic amines) is 1. The van der Waals surface area contributed by atoms with Crippen LogP contribution >= 0.6 is 0 Å². The summed E-state index contributed by atoms with van der Waals surface area (Å²) in [6.45, 7) is 0.517. The second-order valence-corrected chi connectivity index (χ2v) is 5.80. The van der Waals surface area contributed by atoms with Crippen LogP contribution in [0.15, 0.2) is 42.6 Å². The van der Waals surface area contributed by atoms with E-state index in [1.54, 1.807) is 4.90 Å². The number of benzene rings is 1. The van der Waals surface area contributed by atoms with E-state index in [4.69, 9.17) is 0 Å². The van der Waals surface area contributed by atoms with Crippen LogP contribution in [0.3, 0.4) is 0 Å². The Balaban J connectivity index is 1.71. The van der Waals surface area contributed by atoms with Gasteiger partial charge in [0.15, 0.2) is 11.5 Å². The molecule has 7 heteroatoms. The number of nitrogens with zero attached hydrogens (tertiary/aromatic N) is 4. The molecule has 0 aliphatic carbocycles. The second kappa shape index (κ2) is 5.67. The van der Waals surface area contributed by atoms with Gasteiger partial charge in [-0.2, -0.15) is 0 Å². The number of hydrogen-bond acceptors (Lipinski definition) is 3. The van der Waals surface area contributed by atoms with Gasteiger partial charge in [-0.1, -0.05) is 6.07 Å². The van der Waals surface area contributed by atoms with Crippen LogP contribution in [0.25, 0.3) is 5.65 Å². The number of rotatable bonds is 2. The Morgan fingerprint density at radius 3 is 2.71 bits per heavy atom. The molecular formula is C17H14F2N4O. The van der Waals surface area contributed by atoms with Gasteiger partial charge >= 0.3 is 0 Å². The Bertz CT molecular complexity index is 904. The molecule has 1 aliphatic rings. The van der Waals surface area contributed by atoms with E-state index in [1.165, 1.54) is 0 Å². The van der Waals surface area contributed by atoms with Crippen molar-refractivity contribution in [2.45, 2.75) is 18.9 Å². The van der Waals surface area contributed by atoms with Gasteiger partial charge in [-0.05, 0) is 37.1 Å². The Hall–Kier alpha value is -2.83. The average Bonchev–Trinajstić information content (AvgIpc) is 3.19. The number of carbonyl (C=O) groups is 1. The molecule has 0 N–H and O–H groups in total. The number of amides is 1. The molecule has 3 heterocycles. The average molecular weight is 328 g/mol. The number of fused-ring (bicyclic) bond motifs is 1. The highest BCUT2D eigenvalue weighted by Gasteiger charge is 2.34. The SMILES string of the molecule is O=C(c1cc(F)cc(F)c1)N1CCCC1c1nnc2ccccn12. The smallest absolute Gasteiger partial charge is 0.254 e. The second-order valence-electron chi connectivity index (χ2n) is 5.80. The van der Waals surface area contributed by atoms with Gasteiger partial charge in [0.1, 0.15) is 11.6 Å². The van der Waals surface area contributed by atoms with Crippen molar-refractivity contribution in [1.82, 2.24) is 19.5 Å². The van der Waals surface area contributed by atoms with E-state index in [9.17, 15) is 13.6 Å². The van der Waals surface area contributed by atoms with E-state index in [2.05, 4.69) is 10.2 Å². The van der Waals surface area contributed by atoms with Crippen LogP contribution in [0.1, 0.15) is 35.1 Å². The summed E-state index contributed by atoms with van der Waals surface area (Å²) in [6.07, 6.45) is 3.38. The molecule has 0 saturated carbocycles. The Labute approximate surface area is 136 Å². The fraction of sp³-hybridized carbons (Fsp3) is 0.235. The van der Waals surface area contributed by atoms with Crippen LogP contribution in [0, 0.1) is 11.6 Å². The minimum atomic E-state index is -0.762. The van der Waals surface area contributed by atoms with Crippen LogP contribution in [0.2, 0.25) is 0 Å². The summed E-state index contributed by atoms with van der Waals surface area (Å²) in [5, 5.41) is 8.32. The first-order valence-corrected chi connectivity index (χ1v) is 7.70. The highest BCUT2D eigenvalue weighted by Crippen LogP contribution is 2.32. The van der Waals surface area contributed by atoms with Crippen molar-refractivity contribution < 1.29 is 13.6 Å². The van der Waals surface area contributed by atoms with Crippen LogP contribution in [0.5, 0.6) is 0 Å². The number of aromatic nitrogens is 3. The lowest BCUT2D eigenvalue weighted by Crippen LogP contribution is -2.31. The van der Waals surface area contributed by atoms with Gasteiger partial charge in [0.05, 0.1) is 6.04 Å². The van der Waals surface area contributed by atoms with E-state index in [1.807, 2.05) is 28.8 Å². The fourth-order valence-corrected chi connectivity index (χ4v) is 3.21. The standard InChI is InChI=1S/C17H14F2N4O/c18-12-8-11(9-13(19)10-12)17(24)22-7-3-4-14(22)16-21-20-15-5-1-2-6-23(15)16/h1-2,5-6,8-10,14H,3-4,7H2. The molecule has 1 fully saturated rings. The zero-order chi connectivity index (χ0) is 16.7. The van der Waals surface area contributed by atoms with Crippen LogP contribution < -0.4 is 0 Å². The molecule has 2 aromatic heterocycles. The first kappa shape index (κ1) is 14.7. The molecule has 24 heavy (non-hydrogen) atoms. The van der Waals surface area contributed by atoms with Crippen LogP contribution in [-0.2, 0) is 0 Å². The number of halogens is 2. The Morgan fingerprint density at radius 1 is 1.12 bits per heavy atom. The van der Waals surface area contributed by atoms with E-state index < -0.39 is 17.5 Å². The molecule has 1 saturated heterocycles. The quantitative estimate of drug-likeness (QED) is 0.727. The predicted molar refractivity (Wildman–Crippen MR) is 82.4 cm³/mol. The molecule has 1 amide bonds. The maximum atomic E-state index is 13.4. The molecule has 4 rings (SSSR count). The summed E-state index contributed by atoms with van der Waals surface area (Å²) >= 11 is 0. The minimum absolute atomic E-state index is 0.00761. The lowest BCUT2D eigenvalue weighted by Gasteiger charge is -2.23. The third-order valence-electron chi connectivity index (χ3n) is 4.26. The number of hydrogen-bond donors (Lipinski definition) is 0. The molecule has 0 radical (unpaired) electrons. The third-order valence-corrected chi connectivity index (χ3v) is 4.26. The maximum Gasteiger partial charge on any atom is 0.254 e. The van der Waals surface area contributed by atoms with Crippen molar-refractivity contribution in [3.05, 3.63) is 65.6 Å². The molecule has 1 unspecified atom stereocenters. The van der Waals surface area contributed by atoms with Gasteiger partial charge < -0.3 is 4.90 Å². The predicted octanol–water partition coefficient (Wildman–Crippen LogP) is 2.98. The normalized spacial score (nSPS) is 17.6. The summed E-state index contributed by atoms with van der Waals surface area (Å²) in [6, 6.07) is 8.17. The molecule has 1 aliphatic heterocycles. The van der Waals surface area contributed by atoms with E-state index in [0.29, 0.717) is 18.0 Å². The molecule has 0 spiro atoms. The summed E-state index contributed by atoms with van der Waals surface area (Å²) < 4.78 is 28.7. The van der Waals surface area contributed by atoms with Crippen LogP contribution in [0.4, 0.5) is 8.78 Å². The summed E-state index contributed by atoms with van der Waals surface area (Å²) in [7, 11) is 0. The number of pyridine rings is 1. The van der Waals surface area contributed by atoms with E-state index >= 15 is 0 Å². The van der Waals surface area contributed by atoms with Crippen molar-refractivity contribution in [3.8, 4) is 0 Å². The van der Waals surface area contributed by atoms with Crippen molar-refractivity contribution in [2.24, 2.45) is 0 Å². The Kier molecular flexibility index (Phi) is 3.48. The summed E-state index contributed by atoms with van der Waals surface area (Å²) in [5.74, 6) is -1.26. The fourth-order valence-electron chi connectivity index (χ4n) is 3.21. The molecule has 3 aromatic rings. The van der Waals surface area contributed by atoms with Gasteiger partial charge in [-0.25, -0.2) is 8.78 Å². The van der Waals surface area contributed by atoms with Crippen molar-refractivity contribution in [2.75, 3.05) is 6.54 Å². The highest BCUT2D eigenvalue weighted by atomic mass is 19.1. The minimum Gasteiger partial charge on any atom is -0.328 e. The first-order valence-electron chi connectivity index (χ1n) is 7.70. The summed E-state index contributed by atoms with van der Waals surface area (Å²) in [4.78, 5) is 14.3. The Morgan fingerprint density at radius 2 is 1.92 bits per heavy atom. The first-order chi connectivity index (χ1) is 11.6. The largest absolute Gasteiger partial charge is 0.328 e. The van der Waals surface area contributed by atoms with Gasteiger partial charge in [-0.3, -0.25) is 9.20 Å². The van der Waals surface area contributed by atoms with E-state index in [0.717, 1.165) is 31.0 Å². The van der Waals surface area contributed by atoms with Gasteiger partial charge in [-0.15, -0.1) is 10.2 Å². The molecule has 122 valence electrons. The monoisotopic (exact) mass is 328 g/mol. The lowest BCUT2D eigenvalue weighted by molar-refractivity contribution is 0.0728. The molecule has 1 aromatic carbocycles. The van der Waals surface area contributed by atoms with Gasteiger partial charge in [0.25, 0.3) is 5.91 Å². The molecule has 5 nitrogen and oxygen atoms in total. The van der Waals surface area contributed by atoms with Crippen molar-refractivity contribution >= 4 is 11.6 Å². The molecular weight excluding hydrogens is 314 g/mol. The maximum absolute atomic E-state index is 13.4. The summed E-state index contributed by atoms with van der Waals surface area (Å²) in [5.41, 5.74) is 0.705. The third kappa shape index (κ3) is 2.42. The molecule has 0 bridgehead atoms.